The molecule has 5 nitrogen and oxygen atoms in total. The molecule has 0 aliphatic carbocycles. The molecular weight excluding hydrogens is 301 g/mol. The molecule has 0 bridgehead atoms. The SMILES string of the molecule is NC(=NCCCc1cnc[nH]1)NCCSc1ccc(F)cc1. The lowest BCUT2D eigenvalue weighted by Gasteiger charge is -2.05. The van der Waals surface area contributed by atoms with Crippen LogP contribution in [0.1, 0.15) is 12.1 Å². The maximum atomic E-state index is 12.8. The smallest absolute Gasteiger partial charge is 0.188 e. The van der Waals surface area contributed by atoms with Gasteiger partial charge in [-0.1, -0.05) is 0 Å². The highest BCUT2D eigenvalue weighted by atomic mass is 32.2. The van der Waals surface area contributed by atoms with Gasteiger partial charge in [-0.15, -0.1) is 11.8 Å². The van der Waals surface area contributed by atoms with Crippen molar-refractivity contribution in [1.29, 1.82) is 0 Å². The lowest BCUT2D eigenvalue weighted by molar-refractivity contribution is 0.626. The molecule has 0 aliphatic heterocycles. The zero-order chi connectivity index (χ0) is 15.6. The van der Waals surface area contributed by atoms with Crippen molar-refractivity contribution in [3.63, 3.8) is 0 Å². The van der Waals surface area contributed by atoms with E-state index in [4.69, 9.17) is 5.73 Å². The summed E-state index contributed by atoms with van der Waals surface area (Å²) in [6, 6.07) is 6.47. The van der Waals surface area contributed by atoms with Crippen LogP contribution < -0.4 is 11.1 Å². The number of hydrogen-bond acceptors (Lipinski definition) is 3. The summed E-state index contributed by atoms with van der Waals surface area (Å²) in [6.45, 7) is 1.40. The lowest BCUT2D eigenvalue weighted by atomic mass is 10.2. The molecule has 2 rings (SSSR count). The number of guanidine groups is 1. The number of benzene rings is 1. The third-order valence-corrected chi connectivity index (χ3v) is 3.95. The van der Waals surface area contributed by atoms with Crippen LogP contribution in [0.5, 0.6) is 0 Å². The second-order valence-corrected chi connectivity index (χ2v) is 5.84. The van der Waals surface area contributed by atoms with Gasteiger partial charge in [0.05, 0.1) is 6.33 Å². The van der Waals surface area contributed by atoms with Gasteiger partial charge in [-0.3, -0.25) is 4.99 Å². The molecule has 1 heterocycles. The highest BCUT2D eigenvalue weighted by Gasteiger charge is 1.97. The fourth-order valence-electron chi connectivity index (χ4n) is 1.83. The Labute approximate surface area is 133 Å². The molecule has 118 valence electrons. The first-order chi connectivity index (χ1) is 10.7. The number of nitrogens with two attached hydrogens (primary N) is 1. The van der Waals surface area contributed by atoms with Crippen LogP contribution >= 0.6 is 11.8 Å². The topological polar surface area (TPSA) is 79.1 Å². The Hall–Kier alpha value is -2.02. The number of halogens is 1. The van der Waals surface area contributed by atoms with Crippen molar-refractivity contribution >= 4 is 17.7 Å². The molecule has 0 amide bonds. The van der Waals surface area contributed by atoms with E-state index in [0.29, 0.717) is 12.5 Å². The highest BCUT2D eigenvalue weighted by molar-refractivity contribution is 7.99. The summed E-state index contributed by atoms with van der Waals surface area (Å²) < 4.78 is 12.8. The van der Waals surface area contributed by atoms with Crippen molar-refractivity contribution in [2.24, 2.45) is 10.7 Å². The summed E-state index contributed by atoms with van der Waals surface area (Å²) in [5.41, 5.74) is 6.90. The number of nitrogens with one attached hydrogen (secondary N) is 2. The molecule has 0 atom stereocenters. The fourth-order valence-corrected chi connectivity index (χ4v) is 2.59. The van der Waals surface area contributed by atoms with Gasteiger partial charge in [0.2, 0.25) is 0 Å². The van der Waals surface area contributed by atoms with Crippen molar-refractivity contribution in [2.75, 3.05) is 18.8 Å². The minimum Gasteiger partial charge on any atom is -0.370 e. The standard InChI is InChI=1S/C15H20FN5S/c16-12-3-5-14(6-4-12)22-9-8-20-15(17)19-7-1-2-13-10-18-11-21-13/h3-6,10-11H,1-2,7-9H2,(H,18,21)(H3,17,19,20). The molecule has 0 fully saturated rings. The van der Waals surface area contributed by atoms with Crippen LogP contribution in [0.25, 0.3) is 0 Å². The lowest BCUT2D eigenvalue weighted by Crippen LogP contribution is -2.33. The average molecular weight is 321 g/mol. The molecule has 0 saturated carbocycles. The molecule has 0 aliphatic rings. The van der Waals surface area contributed by atoms with Gasteiger partial charge in [0, 0.05) is 35.6 Å². The van der Waals surface area contributed by atoms with Crippen molar-refractivity contribution in [3.05, 3.63) is 48.3 Å². The summed E-state index contributed by atoms with van der Waals surface area (Å²) >= 11 is 1.65. The number of thioether (sulfide) groups is 1. The van der Waals surface area contributed by atoms with Crippen LogP contribution in [0, 0.1) is 5.82 Å². The summed E-state index contributed by atoms with van der Waals surface area (Å²) in [5, 5.41) is 3.07. The minimum absolute atomic E-state index is 0.214. The van der Waals surface area contributed by atoms with E-state index in [1.54, 1.807) is 30.2 Å². The molecule has 4 N–H and O–H groups in total. The van der Waals surface area contributed by atoms with Gasteiger partial charge in [-0.2, -0.15) is 0 Å². The van der Waals surface area contributed by atoms with Gasteiger partial charge in [-0.05, 0) is 37.1 Å². The summed E-state index contributed by atoms with van der Waals surface area (Å²) in [5.74, 6) is 1.09. The second kappa shape index (κ2) is 9.09. The Kier molecular flexibility index (Phi) is 6.76. The Morgan fingerprint density at radius 2 is 2.18 bits per heavy atom. The van der Waals surface area contributed by atoms with Gasteiger partial charge in [0.15, 0.2) is 5.96 Å². The molecule has 1 aromatic carbocycles. The number of aromatic amines is 1. The summed E-state index contributed by atoms with van der Waals surface area (Å²) in [6.07, 6.45) is 5.33. The van der Waals surface area contributed by atoms with Gasteiger partial charge in [-0.25, -0.2) is 9.37 Å². The van der Waals surface area contributed by atoms with Crippen LogP contribution in [0.3, 0.4) is 0 Å². The number of hydrogen-bond donors (Lipinski definition) is 3. The third kappa shape index (κ3) is 6.17. The molecule has 22 heavy (non-hydrogen) atoms. The Morgan fingerprint density at radius 3 is 2.91 bits per heavy atom. The number of imidazole rings is 1. The van der Waals surface area contributed by atoms with E-state index in [2.05, 4.69) is 20.3 Å². The molecule has 2 aromatic rings. The van der Waals surface area contributed by atoms with Crippen molar-refractivity contribution in [3.8, 4) is 0 Å². The predicted octanol–water partition coefficient (Wildman–Crippen LogP) is 2.18. The normalized spacial score (nSPS) is 11.6. The van der Waals surface area contributed by atoms with Gasteiger partial charge >= 0.3 is 0 Å². The predicted molar refractivity (Wildman–Crippen MR) is 88.5 cm³/mol. The molecule has 1 aromatic heterocycles. The van der Waals surface area contributed by atoms with E-state index in [9.17, 15) is 4.39 Å². The third-order valence-electron chi connectivity index (χ3n) is 2.93. The second-order valence-electron chi connectivity index (χ2n) is 4.68. The monoisotopic (exact) mass is 321 g/mol. The van der Waals surface area contributed by atoms with Crippen molar-refractivity contribution in [2.45, 2.75) is 17.7 Å². The molecule has 0 spiro atoms. The maximum Gasteiger partial charge on any atom is 0.188 e. The molecule has 0 saturated heterocycles. The Balaban J connectivity index is 1.55. The van der Waals surface area contributed by atoms with E-state index in [1.165, 1.54) is 12.1 Å². The highest BCUT2D eigenvalue weighted by Crippen LogP contribution is 2.17. The zero-order valence-electron chi connectivity index (χ0n) is 12.3. The van der Waals surface area contributed by atoms with Crippen LogP contribution in [-0.2, 0) is 6.42 Å². The average Bonchev–Trinajstić information content (AvgIpc) is 3.03. The van der Waals surface area contributed by atoms with Crippen molar-refractivity contribution < 1.29 is 4.39 Å². The molecular formula is C15H20FN5S. The first kappa shape index (κ1) is 16.4. The zero-order valence-corrected chi connectivity index (χ0v) is 13.1. The Bertz CT molecular complexity index is 568. The van der Waals surface area contributed by atoms with Crippen LogP contribution in [-0.4, -0.2) is 34.8 Å². The molecule has 0 radical (unpaired) electrons. The fraction of sp³-hybridized carbons (Fsp3) is 0.333. The summed E-state index contributed by atoms with van der Waals surface area (Å²) in [4.78, 5) is 12.3. The van der Waals surface area contributed by atoms with E-state index in [1.807, 2.05) is 6.20 Å². The van der Waals surface area contributed by atoms with Crippen LogP contribution in [0.4, 0.5) is 4.39 Å². The van der Waals surface area contributed by atoms with Gasteiger partial charge < -0.3 is 16.0 Å². The van der Waals surface area contributed by atoms with Gasteiger partial charge in [0.1, 0.15) is 5.82 Å². The van der Waals surface area contributed by atoms with Gasteiger partial charge in [0.25, 0.3) is 0 Å². The number of rotatable bonds is 8. The Morgan fingerprint density at radius 1 is 1.36 bits per heavy atom. The summed E-state index contributed by atoms with van der Waals surface area (Å²) in [7, 11) is 0. The quantitative estimate of drug-likeness (QED) is 0.301. The number of aromatic nitrogens is 2. The minimum atomic E-state index is -0.214. The van der Waals surface area contributed by atoms with Crippen LogP contribution in [0.2, 0.25) is 0 Å². The number of nitrogens with zero attached hydrogens (tertiary/aromatic N) is 2. The molecule has 0 unspecified atom stereocenters. The molecule has 7 heteroatoms. The maximum absolute atomic E-state index is 12.8. The number of aliphatic imine (C=N–C) groups is 1. The van der Waals surface area contributed by atoms with E-state index >= 15 is 0 Å². The number of aryl methyl sites for hydroxylation is 1. The number of H-pyrrole nitrogens is 1. The van der Waals surface area contributed by atoms with E-state index in [-0.39, 0.29) is 5.82 Å². The van der Waals surface area contributed by atoms with Crippen LogP contribution in [0.15, 0.2) is 46.7 Å². The first-order valence-electron chi connectivity index (χ1n) is 7.13. The van der Waals surface area contributed by atoms with E-state index in [0.717, 1.165) is 35.7 Å². The first-order valence-corrected chi connectivity index (χ1v) is 8.12. The van der Waals surface area contributed by atoms with Crippen molar-refractivity contribution in [1.82, 2.24) is 15.3 Å². The largest absolute Gasteiger partial charge is 0.370 e. The van der Waals surface area contributed by atoms with E-state index < -0.39 is 0 Å².